The monoisotopic (exact) mass is 334 g/mol. The first-order chi connectivity index (χ1) is 11.4. The van der Waals surface area contributed by atoms with Gasteiger partial charge >= 0.3 is 5.97 Å². The van der Waals surface area contributed by atoms with E-state index in [4.69, 9.17) is 4.74 Å². The minimum atomic E-state index is -1.39. The second-order valence-corrected chi connectivity index (χ2v) is 6.26. The van der Waals surface area contributed by atoms with E-state index in [0.29, 0.717) is 0 Å². The van der Waals surface area contributed by atoms with Crippen LogP contribution in [0.15, 0.2) is 24.3 Å². The molecular weight excluding hydrogens is 315 g/mol. The molecule has 128 valence electrons. The molecule has 4 atom stereocenters. The lowest BCUT2D eigenvalue weighted by molar-refractivity contribution is -0.153. The first-order valence-electron chi connectivity index (χ1n) is 7.82. The number of esters is 1. The smallest absolute Gasteiger partial charge is 0.326 e. The van der Waals surface area contributed by atoms with Gasteiger partial charge in [0.1, 0.15) is 11.4 Å². The van der Waals surface area contributed by atoms with Crippen molar-refractivity contribution < 1.29 is 23.5 Å². The van der Waals surface area contributed by atoms with Crippen LogP contribution in [0, 0.1) is 17.7 Å². The quantitative estimate of drug-likeness (QED) is 0.660. The molecule has 2 aliphatic heterocycles. The van der Waals surface area contributed by atoms with Gasteiger partial charge in [-0.15, -0.1) is 0 Å². The van der Waals surface area contributed by atoms with Crippen LogP contribution in [0.2, 0.25) is 0 Å². The predicted octanol–water partition coefficient (Wildman–Crippen LogP) is 1.02. The van der Waals surface area contributed by atoms with Gasteiger partial charge in [-0.3, -0.25) is 24.6 Å². The van der Waals surface area contributed by atoms with Crippen LogP contribution in [-0.4, -0.2) is 41.9 Å². The highest BCUT2D eigenvalue weighted by molar-refractivity contribution is 6.09. The average Bonchev–Trinajstić information content (AvgIpc) is 3.02. The summed E-state index contributed by atoms with van der Waals surface area (Å²) in [4.78, 5) is 38.9. The van der Waals surface area contributed by atoms with Crippen LogP contribution < -0.4 is 5.32 Å². The van der Waals surface area contributed by atoms with Crippen molar-refractivity contribution in [2.24, 2.45) is 11.8 Å². The number of ether oxygens (including phenoxy) is 1. The molecule has 0 unspecified atom stereocenters. The Morgan fingerprint density at radius 1 is 1.33 bits per heavy atom. The first kappa shape index (κ1) is 16.6. The number of carbonyl (C=O) groups excluding carboxylic acids is 3. The van der Waals surface area contributed by atoms with Crippen LogP contribution in [0.5, 0.6) is 0 Å². The summed E-state index contributed by atoms with van der Waals surface area (Å²) in [6, 6.07) is 5.28. The number of nitrogens with one attached hydrogen (secondary N) is 1. The zero-order valence-corrected chi connectivity index (χ0v) is 13.7. The second-order valence-electron chi connectivity index (χ2n) is 6.26. The third kappa shape index (κ3) is 2.07. The van der Waals surface area contributed by atoms with E-state index in [0.717, 1.165) is 4.90 Å². The van der Waals surface area contributed by atoms with Crippen molar-refractivity contribution in [1.29, 1.82) is 0 Å². The number of likely N-dealkylation sites (tertiary alicyclic amines) is 1. The number of carbonyl (C=O) groups is 3. The average molecular weight is 334 g/mol. The Balaban J connectivity index is 2.13. The highest BCUT2D eigenvalue weighted by Gasteiger charge is 2.66. The van der Waals surface area contributed by atoms with Gasteiger partial charge in [-0.05, 0) is 19.9 Å². The van der Waals surface area contributed by atoms with E-state index >= 15 is 0 Å². The number of methoxy groups -OCH3 is 1. The van der Waals surface area contributed by atoms with Gasteiger partial charge in [0.25, 0.3) is 0 Å². The molecule has 0 radical (unpaired) electrons. The molecule has 1 aromatic rings. The Kier molecular flexibility index (Phi) is 3.91. The molecule has 3 rings (SSSR count). The van der Waals surface area contributed by atoms with Gasteiger partial charge in [0.05, 0.1) is 18.9 Å². The second kappa shape index (κ2) is 5.66. The lowest BCUT2D eigenvalue weighted by Crippen LogP contribution is -2.54. The Hall–Kier alpha value is -2.28. The summed E-state index contributed by atoms with van der Waals surface area (Å²) >= 11 is 0. The number of imide groups is 1. The molecule has 2 fully saturated rings. The Morgan fingerprint density at radius 2 is 2.00 bits per heavy atom. The molecule has 0 aromatic heterocycles. The number of fused-ring (bicyclic) bond motifs is 1. The van der Waals surface area contributed by atoms with Crippen molar-refractivity contribution in [2.45, 2.75) is 25.4 Å². The van der Waals surface area contributed by atoms with Crippen molar-refractivity contribution in [1.82, 2.24) is 10.2 Å². The molecule has 1 N–H and O–H groups in total. The highest BCUT2D eigenvalue weighted by Crippen LogP contribution is 2.49. The van der Waals surface area contributed by atoms with E-state index in [1.807, 2.05) is 0 Å². The fourth-order valence-electron chi connectivity index (χ4n) is 3.90. The lowest BCUT2D eigenvalue weighted by Gasteiger charge is -2.28. The minimum Gasteiger partial charge on any atom is -0.468 e. The molecule has 2 saturated heterocycles. The number of hydrogen-bond acceptors (Lipinski definition) is 5. The van der Waals surface area contributed by atoms with Crippen molar-refractivity contribution in [2.75, 3.05) is 13.7 Å². The van der Waals surface area contributed by atoms with Crippen LogP contribution >= 0.6 is 0 Å². The fraction of sp³-hybridized carbons (Fsp3) is 0.471. The molecule has 6 nitrogen and oxygen atoms in total. The maximum atomic E-state index is 14.3. The third-order valence-electron chi connectivity index (χ3n) is 5.04. The van der Waals surface area contributed by atoms with Crippen molar-refractivity contribution in [3.8, 4) is 0 Å². The molecule has 0 bridgehead atoms. The van der Waals surface area contributed by atoms with Crippen LogP contribution in [0.4, 0.5) is 4.39 Å². The van der Waals surface area contributed by atoms with Gasteiger partial charge in [0.2, 0.25) is 11.8 Å². The van der Waals surface area contributed by atoms with Gasteiger partial charge in [-0.2, -0.15) is 0 Å². The van der Waals surface area contributed by atoms with E-state index in [9.17, 15) is 18.8 Å². The normalized spacial score (nSPS) is 32.2. The summed E-state index contributed by atoms with van der Waals surface area (Å²) in [7, 11) is 1.22. The van der Waals surface area contributed by atoms with Gasteiger partial charge in [-0.25, -0.2) is 4.39 Å². The topological polar surface area (TPSA) is 75.7 Å². The van der Waals surface area contributed by atoms with Crippen LogP contribution in [0.25, 0.3) is 0 Å². The number of hydrogen-bond donors (Lipinski definition) is 1. The van der Waals surface area contributed by atoms with Crippen molar-refractivity contribution >= 4 is 17.8 Å². The van der Waals surface area contributed by atoms with Gasteiger partial charge < -0.3 is 4.74 Å². The summed E-state index contributed by atoms with van der Waals surface area (Å²) in [5, 5.41) is 3.00. The summed E-state index contributed by atoms with van der Waals surface area (Å²) in [6.07, 6.45) is 0. The molecule has 1 aromatic carbocycles. The molecule has 0 saturated carbocycles. The predicted molar refractivity (Wildman–Crippen MR) is 82.1 cm³/mol. The van der Waals surface area contributed by atoms with Crippen LogP contribution in [0.3, 0.4) is 0 Å². The number of halogens is 1. The third-order valence-corrected chi connectivity index (χ3v) is 5.04. The maximum Gasteiger partial charge on any atom is 0.326 e. The Morgan fingerprint density at radius 3 is 2.58 bits per heavy atom. The lowest BCUT2D eigenvalue weighted by atomic mass is 9.80. The van der Waals surface area contributed by atoms with E-state index in [-0.39, 0.29) is 18.0 Å². The summed E-state index contributed by atoms with van der Waals surface area (Å²) in [5.41, 5.74) is -1.12. The van der Waals surface area contributed by atoms with Crippen molar-refractivity contribution in [3.05, 3.63) is 35.6 Å². The molecule has 2 aliphatic rings. The Bertz CT molecular complexity index is 722. The largest absolute Gasteiger partial charge is 0.468 e. The summed E-state index contributed by atoms with van der Waals surface area (Å²) in [6.45, 7) is 3.44. The van der Waals surface area contributed by atoms with E-state index < -0.39 is 41.1 Å². The van der Waals surface area contributed by atoms with Gasteiger partial charge in [-0.1, -0.05) is 18.2 Å². The van der Waals surface area contributed by atoms with E-state index in [1.54, 1.807) is 25.1 Å². The van der Waals surface area contributed by atoms with Crippen LogP contribution in [0.1, 0.15) is 25.5 Å². The SMILES string of the molecule is CCN1C(=O)[C@H]2[C@@H](C1=O)[C@](C)(C(=O)OC)N[C@H]2c1ccccc1F. The maximum absolute atomic E-state index is 14.3. The molecule has 7 heteroatoms. The number of benzene rings is 1. The minimum absolute atomic E-state index is 0.214. The zero-order valence-electron chi connectivity index (χ0n) is 13.7. The first-order valence-corrected chi connectivity index (χ1v) is 7.82. The molecule has 2 heterocycles. The van der Waals surface area contributed by atoms with E-state index in [2.05, 4.69) is 5.32 Å². The highest BCUT2D eigenvalue weighted by atomic mass is 19.1. The molecule has 0 aliphatic carbocycles. The molecule has 2 amide bonds. The molecule has 24 heavy (non-hydrogen) atoms. The van der Waals surface area contributed by atoms with Gasteiger partial charge in [0.15, 0.2) is 0 Å². The zero-order chi connectivity index (χ0) is 17.6. The van der Waals surface area contributed by atoms with Crippen molar-refractivity contribution in [3.63, 3.8) is 0 Å². The summed E-state index contributed by atoms with van der Waals surface area (Å²) in [5.74, 6) is -3.69. The summed E-state index contributed by atoms with van der Waals surface area (Å²) < 4.78 is 19.1. The number of amides is 2. The Labute approximate surface area is 139 Å². The van der Waals surface area contributed by atoms with Gasteiger partial charge in [0, 0.05) is 18.2 Å². The molecule has 0 spiro atoms. The number of rotatable bonds is 3. The number of nitrogens with zero attached hydrogens (tertiary/aromatic N) is 1. The van der Waals surface area contributed by atoms with E-state index in [1.165, 1.54) is 20.1 Å². The molecular formula is C17H19FN2O4. The standard InChI is InChI=1S/C17H19FN2O4/c1-4-20-14(21)11-12(15(20)22)17(2,16(23)24-3)19-13(11)9-7-5-6-8-10(9)18/h5-8,11-13,19H,4H2,1-3H3/t11-,12-,13-,17+/m0/s1. The fourth-order valence-corrected chi connectivity index (χ4v) is 3.90. The van der Waals surface area contributed by atoms with Crippen LogP contribution in [-0.2, 0) is 19.1 Å².